The highest BCUT2D eigenvalue weighted by atomic mass is 16.6. The lowest BCUT2D eigenvalue weighted by Crippen LogP contribution is -2.47. The molecule has 4 atom stereocenters. The van der Waals surface area contributed by atoms with Crippen molar-refractivity contribution in [2.24, 2.45) is 5.92 Å². The molecule has 0 bridgehead atoms. The second kappa shape index (κ2) is 26.3. The third kappa shape index (κ3) is 16.9. The van der Waals surface area contributed by atoms with Gasteiger partial charge in [0.1, 0.15) is 44.0 Å². The molecule has 0 aromatic heterocycles. The molecule has 0 aliphatic rings. The van der Waals surface area contributed by atoms with E-state index in [2.05, 4.69) is 29.1 Å². The third-order valence-electron chi connectivity index (χ3n) is 10.1. The number of aliphatic hydroxyl groups excluding tert-OH is 1. The van der Waals surface area contributed by atoms with Gasteiger partial charge in [0, 0.05) is 6.42 Å². The molecule has 0 saturated carbocycles. The summed E-state index contributed by atoms with van der Waals surface area (Å²) in [5.74, 6) is -1.08. The van der Waals surface area contributed by atoms with E-state index in [1.165, 1.54) is 6.08 Å². The van der Waals surface area contributed by atoms with Gasteiger partial charge in [-0.05, 0) is 77.8 Å². The molecule has 5 aromatic carbocycles. The number of esters is 1. The number of nitrogens with one attached hydrogen (secondary N) is 3. The van der Waals surface area contributed by atoms with Crippen LogP contribution in [0.4, 0.5) is 4.79 Å². The van der Waals surface area contributed by atoms with Gasteiger partial charge in [0.25, 0.3) is 0 Å². The summed E-state index contributed by atoms with van der Waals surface area (Å²) in [4.78, 5) is 53.4. The van der Waals surface area contributed by atoms with Crippen molar-refractivity contribution in [2.75, 3.05) is 13.2 Å². The molecule has 3 amide bonds. The van der Waals surface area contributed by atoms with E-state index in [1.54, 1.807) is 6.08 Å². The van der Waals surface area contributed by atoms with Crippen LogP contribution in [0, 0.1) is 5.92 Å². The van der Waals surface area contributed by atoms with Crippen LogP contribution in [0.5, 0.6) is 11.5 Å². The predicted molar refractivity (Wildman–Crippen MR) is 245 cm³/mol. The molecule has 12 nitrogen and oxygen atoms in total. The van der Waals surface area contributed by atoms with E-state index in [-0.39, 0.29) is 45.5 Å². The summed E-state index contributed by atoms with van der Waals surface area (Å²) in [6.45, 7) is 7.78. The minimum absolute atomic E-state index is 0.0107. The maximum atomic E-state index is 13.9. The Labute approximate surface area is 375 Å². The third-order valence-corrected chi connectivity index (χ3v) is 10.1. The molecule has 5 rings (SSSR count). The lowest BCUT2D eigenvalue weighted by Gasteiger charge is -2.24. The molecule has 4 unspecified atom stereocenters. The molecule has 0 fully saturated rings. The zero-order chi connectivity index (χ0) is 45.4. The first-order valence-corrected chi connectivity index (χ1v) is 21.3. The van der Waals surface area contributed by atoms with Gasteiger partial charge >= 0.3 is 12.1 Å². The number of allylic oxidation sites excluding steroid dienone is 1. The van der Waals surface area contributed by atoms with E-state index < -0.39 is 47.9 Å². The Bertz CT molecular complexity index is 2200. The average Bonchev–Trinajstić information content (AvgIpc) is 3.32. The molecule has 0 saturated heterocycles. The molecule has 64 heavy (non-hydrogen) atoms. The molecule has 0 radical (unpaired) electrons. The number of carbonyl (C=O) groups is 4. The summed E-state index contributed by atoms with van der Waals surface area (Å²) in [5.41, 5.74) is 4.55. The van der Waals surface area contributed by atoms with E-state index in [9.17, 15) is 24.3 Å². The second-order valence-corrected chi connectivity index (χ2v) is 15.2. The number of carbonyl (C=O) groups excluding carboxylic acids is 4. The van der Waals surface area contributed by atoms with E-state index in [0.717, 1.165) is 27.8 Å². The molecule has 12 heteroatoms. The van der Waals surface area contributed by atoms with E-state index in [1.807, 2.05) is 140 Å². The van der Waals surface area contributed by atoms with Gasteiger partial charge in [-0.25, -0.2) is 9.59 Å². The van der Waals surface area contributed by atoms with Gasteiger partial charge in [-0.3, -0.25) is 9.59 Å². The minimum atomic E-state index is -1.10. The summed E-state index contributed by atoms with van der Waals surface area (Å²) < 4.78 is 22.9. The SMILES string of the molecule is C=CCC(CC(=O)NC(CO)Cc1ccc(OCc2ccccc2)cc1)C(=O)NC(COC(=O)C(CC=C)NC(=O)OCc1ccccc1)Cc1ccc(OCc2ccccc2)cc1. The van der Waals surface area contributed by atoms with Crippen molar-refractivity contribution >= 4 is 23.9 Å². The fourth-order valence-electron chi connectivity index (χ4n) is 6.69. The Hall–Kier alpha value is -7.18. The van der Waals surface area contributed by atoms with Crippen LogP contribution in [-0.2, 0) is 56.5 Å². The molecule has 5 aromatic rings. The van der Waals surface area contributed by atoms with Crippen molar-refractivity contribution in [3.8, 4) is 11.5 Å². The van der Waals surface area contributed by atoms with Crippen LogP contribution in [0.2, 0.25) is 0 Å². The zero-order valence-corrected chi connectivity index (χ0v) is 35.9. The molecule has 334 valence electrons. The van der Waals surface area contributed by atoms with E-state index in [0.29, 0.717) is 31.1 Å². The smallest absolute Gasteiger partial charge is 0.408 e. The fraction of sp³-hybridized carbons (Fsp3) is 0.269. The second-order valence-electron chi connectivity index (χ2n) is 15.2. The van der Waals surface area contributed by atoms with Gasteiger partial charge in [0.15, 0.2) is 0 Å². The fourth-order valence-corrected chi connectivity index (χ4v) is 6.69. The Morgan fingerprint density at radius 1 is 0.547 bits per heavy atom. The maximum absolute atomic E-state index is 13.9. The lowest BCUT2D eigenvalue weighted by molar-refractivity contribution is -0.147. The number of aliphatic hydroxyl groups is 1. The zero-order valence-electron chi connectivity index (χ0n) is 35.9. The number of hydrogen-bond acceptors (Lipinski definition) is 9. The molecule has 0 aliphatic heterocycles. The average molecular weight is 868 g/mol. The Morgan fingerprint density at radius 2 is 1.03 bits per heavy atom. The first kappa shape index (κ1) is 47.9. The van der Waals surface area contributed by atoms with Crippen molar-refractivity contribution in [2.45, 2.75) is 70.1 Å². The van der Waals surface area contributed by atoms with Crippen molar-refractivity contribution < 1.29 is 43.2 Å². The standard InChI is InChI=1S/C52H57N3O9/c1-3-14-43(32-49(57)53-44(33-56)30-38-22-26-46(27-23-38)61-34-40-16-8-5-9-17-40)50(58)54-45(31-39-24-28-47(29-25-39)62-35-41-18-10-6-11-19-41)37-63-51(59)48(15-4-2)55-52(60)64-36-42-20-12-7-13-21-42/h3-13,16-29,43-45,48,56H,1-2,14-15,30-37H2,(H,53,57)(H,54,58)(H,55,60). The maximum Gasteiger partial charge on any atom is 0.408 e. The summed E-state index contributed by atoms with van der Waals surface area (Å²) in [5, 5.41) is 18.6. The van der Waals surface area contributed by atoms with Crippen molar-refractivity contribution in [1.29, 1.82) is 0 Å². The molecule has 4 N–H and O–H groups in total. The summed E-state index contributed by atoms with van der Waals surface area (Å²) in [6.07, 6.45) is 2.93. The van der Waals surface area contributed by atoms with Crippen LogP contribution >= 0.6 is 0 Å². The van der Waals surface area contributed by atoms with Crippen LogP contribution in [0.1, 0.15) is 47.1 Å². The van der Waals surface area contributed by atoms with Crippen LogP contribution in [0.15, 0.2) is 165 Å². The Balaban J connectivity index is 1.20. The van der Waals surface area contributed by atoms with Gasteiger partial charge in [-0.1, -0.05) is 127 Å². The van der Waals surface area contributed by atoms with Crippen LogP contribution in [0.25, 0.3) is 0 Å². The molecule has 0 heterocycles. The monoisotopic (exact) mass is 867 g/mol. The number of benzene rings is 5. The van der Waals surface area contributed by atoms with Crippen molar-refractivity contribution in [3.05, 3.63) is 193 Å². The van der Waals surface area contributed by atoms with Gasteiger partial charge in [0.05, 0.1) is 24.6 Å². The molecule has 0 aliphatic carbocycles. The number of alkyl carbamates (subject to hydrolysis) is 1. The van der Waals surface area contributed by atoms with Gasteiger partial charge in [-0.15, -0.1) is 13.2 Å². The van der Waals surface area contributed by atoms with Crippen LogP contribution in [0.3, 0.4) is 0 Å². The summed E-state index contributed by atoms with van der Waals surface area (Å²) in [6, 6.07) is 41.1. The van der Waals surface area contributed by atoms with Crippen LogP contribution < -0.4 is 25.4 Å². The lowest BCUT2D eigenvalue weighted by atomic mass is 9.97. The number of rotatable bonds is 26. The van der Waals surface area contributed by atoms with Crippen molar-refractivity contribution in [3.63, 3.8) is 0 Å². The van der Waals surface area contributed by atoms with Gasteiger partial charge in [-0.2, -0.15) is 0 Å². The van der Waals surface area contributed by atoms with E-state index in [4.69, 9.17) is 18.9 Å². The highest BCUT2D eigenvalue weighted by Crippen LogP contribution is 2.19. The number of hydrogen-bond donors (Lipinski definition) is 4. The normalized spacial score (nSPS) is 12.6. The minimum Gasteiger partial charge on any atom is -0.489 e. The Morgan fingerprint density at radius 3 is 1.52 bits per heavy atom. The first-order valence-electron chi connectivity index (χ1n) is 21.3. The number of amides is 3. The van der Waals surface area contributed by atoms with Gasteiger partial charge in [0.2, 0.25) is 11.8 Å². The number of ether oxygens (including phenoxy) is 4. The van der Waals surface area contributed by atoms with Crippen molar-refractivity contribution in [1.82, 2.24) is 16.0 Å². The quantitative estimate of drug-likeness (QED) is 0.0324. The van der Waals surface area contributed by atoms with Crippen LogP contribution in [-0.4, -0.2) is 60.3 Å². The molecular formula is C52H57N3O9. The molecular weight excluding hydrogens is 811 g/mol. The van der Waals surface area contributed by atoms with Gasteiger partial charge < -0.3 is 40.0 Å². The predicted octanol–water partition coefficient (Wildman–Crippen LogP) is 7.59. The molecule has 0 spiro atoms. The largest absolute Gasteiger partial charge is 0.489 e. The summed E-state index contributed by atoms with van der Waals surface area (Å²) >= 11 is 0. The first-order chi connectivity index (χ1) is 31.2. The highest BCUT2D eigenvalue weighted by molar-refractivity contribution is 5.86. The highest BCUT2D eigenvalue weighted by Gasteiger charge is 2.27. The van der Waals surface area contributed by atoms with E-state index >= 15 is 0 Å². The topological polar surface area (TPSA) is 162 Å². The Kier molecular flexibility index (Phi) is 19.7. The summed E-state index contributed by atoms with van der Waals surface area (Å²) in [7, 11) is 0.